The van der Waals surface area contributed by atoms with Gasteiger partial charge in [0, 0.05) is 12.6 Å². The summed E-state index contributed by atoms with van der Waals surface area (Å²) in [5.74, 6) is 0. The van der Waals surface area contributed by atoms with E-state index in [0.717, 1.165) is 13.1 Å². The molecule has 2 heteroatoms. The lowest BCUT2D eigenvalue weighted by molar-refractivity contribution is 0.357. The average molecular weight is 158 g/mol. The van der Waals surface area contributed by atoms with Gasteiger partial charge in [0.25, 0.3) is 0 Å². The summed E-state index contributed by atoms with van der Waals surface area (Å²) in [7, 11) is 0. The van der Waals surface area contributed by atoms with Gasteiger partial charge in [-0.2, -0.15) is 0 Å². The third kappa shape index (κ3) is 7.82. The Hall–Kier alpha value is -0.0800. The monoisotopic (exact) mass is 158 g/mol. The van der Waals surface area contributed by atoms with Crippen molar-refractivity contribution < 1.29 is 0 Å². The van der Waals surface area contributed by atoms with Crippen LogP contribution in [0.25, 0.3) is 0 Å². The van der Waals surface area contributed by atoms with Crippen LogP contribution in [0.2, 0.25) is 0 Å². The quantitative estimate of drug-likeness (QED) is 0.648. The molecule has 68 valence electrons. The van der Waals surface area contributed by atoms with Crippen molar-refractivity contribution in [2.24, 2.45) is 11.1 Å². The molecule has 0 bridgehead atoms. The molecule has 0 unspecified atom stereocenters. The summed E-state index contributed by atoms with van der Waals surface area (Å²) in [6.07, 6.45) is 1.21. The first-order chi connectivity index (χ1) is 4.95. The van der Waals surface area contributed by atoms with Gasteiger partial charge >= 0.3 is 0 Å². The summed E-state index contributed by atoms with van der Waals surface area (Å²) in [6, 6.07) is 0.456. The van der Waals surface area contributed by atoms with Crippen LogP contribution in [0.5, 0.6) is 0 Å². The predicted molar refractivity (Wildman–Crippen MR) is 50.6 cm³/mol. The number of hydrogen-bond donors (Lipinski definition) is 2. The lowest BCUT2D eigenvalue weighted by Crippen LogP contribution is -2.35. The maximum atomic E-state index is 5.46. The number of nitrogens with one attached hydrogen (secondary N) is 1. The third-order valence-corrected chi connectivity index (χ3v) is 1.72. The van der Waals surface area contributed by atoms with E-state index in [1.54, 1.807) is 0 Å². The molecule has 0 spiro atoms. The van der Waals surface area contributed by atoms with Gasteiger partial charge in [-0.25, -0.2) is 0 Å². The molecule has 0 fully saturated rings. The SMILES string of the molecule is C[C@@H](CN)NCCC(C)(C)C. The summed E-state index contributed by atoms with van der Waals surface area (Å²) in [5.41, 5.74) is 5.89. The molecule has 0 radical (unpaired) electrons. The summed E-state index contributed by atoms with van der Waals surface area (Å²) < 4.78 is 0. The molecule has 2 nitrogen and oxygen atoms in total. The number of nitrogens with two attached hydrogens (primary N) is 1. The largest absolute Gasteiger partial charge is 0.329 e. The number of hydrogen-bond acceptors (Lipinski definition) is 2. The molecule has 0 heterocycles. The van der Waals surface area contributed by atoms with E-state index in [2.05, 4.69) is 33.0 Å². The fourth-order valence-electron chi connectivity index (χ4n) is 0.777. The topological polar surface area (TPSA) is 38.0 Å². The van der Waals surface area contributed by atoms with Crippen LogP contribution >= 0.6 is 0 Å². The second-order valence-corrected chi connectivity index (χ2v) is 4.40. The maximum absolute atomic E-state index is 5.46. The first-order valence-electron chi connectivity index (χ1n) is 4.39. The molecule has 11 heavy (non-hydrogen) atoms. The van der Waals surface area contributed by atoms with Gasteiger partial charge in [0.05, 0.1) is 0 Å². The normalized spacial score (nSPS) is 15.0. The van der Waals surface area contributed by atoms with Crippen molar-refractivity contribution in [3.05, 3.63) is 0 Å². The molecular formula is C9H22N2. The van der Waals surface area contributed by atoms with Gasteiger partial charge in [-0.05, 0) is 25.3 Å². The number of rotatable bonds is 4. The van der Waals surface area contributed by atoms with Crippen molar-refractivity contribution in [3.63, 3.8) is 0 Å². The van der Waals surface area contributed by atoms with E-state index in [4.69, 9.17) is 5.73 Å². The molecule has 0 saturated heterocycles. The first kappa shape index (κ1) is 10.9. The van der Waals surface area contributed by atoms with E-state index in [1.807, 2.05) is 0 Å². The summed E-state index contributed by atoms with van der Waals surface area (Å²) in [6.45, 7) is 10.7. The van der Waals surface area contributed by atoms with Crippen molar-refractivity contribution in [3.8, 4) is 0 Å². The Labute approximate surface area is 70.5 Å². The zero-order chi connectivity index (χ0) is 8.91. The van der Waals surface area contributed by atoms with Crippen LogP contribution in [0.1, 0.15) is 34.1 Å². The lowest BCUT2D eigenvalue weighted by atomic mass is 9.92. The maximum Gasteiger partial charge on any atom is 0.0161 e. The van der Waals surface area contributed by atoms with Crippen LogP contribution in [0.3, 0.4) is 0 Å². The average Bonchev–Trinajstić information content (AvgIpc) is 1.85. The van der Waals surface area contributed by atoms with E-state index < -0.39 is 0 Å². The molecule has 0 aromatic carbocycles. The van der Waals surface area contributed by atoms with Gasteiger partial charge in [0.1, 0.15) is 0 Å². The smallest absolute Gasteiger partial charge is 0.0161 e. The summed E-state index contributed by atoms with van der Waals surface area (Å²) >= 11 is 0. The zero-order valence-corrected chi connectivity index (χ0v) is 8.28. The highest BCUT2D eigenvalue weighted by Gasteiger charge is 2.09. The Morgan fingerprint density at radius 1 is 1.36 bits per heavy atom. The molecule has 1 atom stereocenters. The van der Waals surface area contributed by atoms with E-state index in [-0.39, 0.29) is 0 Å². The molecule has 0 aliphatic rings. The zero-order valence-electron chi connectivity index (χ0n) is 8.28. The molecule has 0 rings (SSSR count). The molecular weight excluding hydrogens is 136 g/mol. The van der Waals surface area contributed by atoms with Crippen LogP contribution in [0.15, 0.2) is 0 Å². The lowest BCUT2D eigenvalue weighted by Gasteiger charge is -2.19. The van der Waals surface area contributed by atoms with Crippen molar-refractivity contribution >= 4 is 0 Å². The van der Waals surface area contributed by atoms with Gasteiger partial charge in [-0.1, -0.05) is 20.8 Å². The van der Waals surface area contributed by atoms with Crippen LogP contribution < -0.4 is 11.1 Å². The Balaban J connectivity index is 3.28. The molecule has 0 aliphatic heterocycles. The minimum absolute atomic E-state index is 0.432. The van der Waals surface area contributed by atoms with Crippen LogP contribution in [0.4, 0.5) is 0 Å². The standard InChI is InChI=1S/C9H22N2/c1-8(7-10)11-6-5-9(2,3)4/h8,11H,5-7,10H2,1-4H3/t8-/m0/s1. The van der Waals surface area contributed by atoms with Gasteiger partial charge in [0.2, 0.25) is 0 Å². The molecule has 0 amide bonds. The second kappa shape index (κ2) is 4.73. The predicted octanol–water partition coefficient (Wildman–Crippen LogP) is 1.36. The highest BCUT2D eigenvalue weighted by molar-refractivity contribution is 4.66. The van der Waals surface area contributed by atoms with E-state index in [0.29, 0.717) is 11.5 Å². The van der Waals surface area contributed by atoms with Crippen molar-refractivity contribution in [1.82, 2.24) is 5.32 Å². The first-order valence-corrected chi connectivity index (χ1v) is 4.39. The second-order valence-electron chi connectivity index (χ2n) is 4.40. The minimum atomic E-state index is 0.432. The Bertz CT molecular complexity index is 94.2. The van der Waals surface area contributed by atoms with Crippen LogP contribution in [-0.2, 0) is 0 Å². The van der Waals surface area contributed by atoms with Crippen LogP contribution in [-0.4, -0.2) is 19.1 Å². The summed E-state index contributed by atoms with van der Waals surface area (Å²) in [4.78, 5) is 0. The van der Waals surface area contributed by atoms with E-state index >= 15 is 0 Å². The fraction of sp³-hybridized carbons (Fsp3) is 1.00. The highest BCUT2D eigenvalue weighted by atomic mass is 14.9. The Morgan fingerprint density at radius 2 is 1.91 bits per heavy atom. The van der Waals surface area contributed by atoms with Crippen molar-refractivity contribution in [2.45, 2.75) is 40.2 Å². The van der Waals surface area contributed by atoms with Crippen LogP contribution in [0, 0.1) is 5.41 Å². The van der Waals surface area contributed by atoms with Gasteiger partial charge < -0.3 is 11.1 Å². The van der Waals surface area contributed by atoms with Crippen molar-refractivity contribution in [2.75, 3.05) is 13.1 Å². The molecule has 0 aromatic rings. The molecule has 0 aromatic heterocycles. The van der Waals surface area contributed by atoms with E-state index in [9.17, 15) is 0 Å². The Morgan fingerprint density at radius 3 is 2.27 bits per heavy atom. The van der Waals surface area contributed by atoms with Gasteiger partial charge in [-0.3, -0.25) is 0 Å². The van der Waals surface area contributed by atoms with Gasteiger partial charge in [0.15, 0.2) is 0 Å². The van der Waals surface area contributed by atoms with Gasteiger partial charge in [-0.15, -0.1) is 0 Å². The Kier molecular flexibility index (Phi) is 4.69. The third-order valence-electron chi connectivity index (χ3n) is 1.72. The molecule has 3 N–H and O–H groups in total. The highest BCUT2D eigenvalue weighted by Crippen LogP contribution is 2.16. The molecule has 0 saturated carbocycles. The molecule has 0 aliphatic carbocycles. The minimum Gasteiger partial charge on any atom is -0.329 e. The van der Waals surface area contributed by atoms with E-state index in [1.165, 1.54) is 6.42 Å². The van der Waals surface area contributed by atoms with Crippen molar-refractivity contribution in [1.29, 1.82) is 0 Å². The summed E-state index contributed by atoms with van der Waals surface area (Å²) in [5, 5.41) is 3.36. The fourth-order valence-corrected chi connectivity index (χ4v) is 0.777.